The molecule has 174 valence electrons. The number of carbonyl (C=O) groups is 1. The zero-order valence-electron chi connectivity index (χ0n) is 19.0. The van der Waals surface area contributed by atoms with Crippen molar-refractivity contribution in [2.24, 2.45) is 0 Å². The van der Waals surface area contributed by atoms with E-state index in [1.165, 1.54) is 16.3 Å². The molecule has 4 rings (SSSR count). The maximum Gasteiger partial charge on any atom is 0.332 e. The summed E-state index contributed by atoms with van der Waals surface area (Å²) in [5, 5.41) is 9.26. The SMILES string of the molecule is CCn1c(=O)c(C(=O)CSc2nnc(C(C)C)n2C2CC2)c(N)n(Cc2ccccc2)c1=O. The van der Waals surface area contributed by atoms with Gasteiger partial charge in [-0.3, -0.25) is 18.7 Å². The van der Waals surface area contributed by atoms with Crippen LogP contribution < -0.4 is 17.0 Å². The molecule has 1 aliphatic rings. The average molecular weight is 469 g/mol. The van der Waals surface area contributed by atoms with Crippen LogP contribution in [-0.4, -0.2) is 35.4 Å². The first-order chi connectivity index (χ1) is 15.8. The largest absolute Gasteiger partial charge is 0.384 e. The number of benzene rings is 1. The lowest BCUT2D eigenvalue weighted by molar-refractivity contribution is 0.102. The van der Waals surface area contributed by atoms with Crippen LogP contribution in [0.1, 0.15) is 67.3 Å². The number of hydrogen-bond acceptors (Lipinski definition) is 7. The number of hydrogen-bond donors (Lipinski definition) is 1. The number of carbonyl (C=O) groups excluding carboxylic acids is 1. The topological polar surface area (TPSA) is 118 Å². The first kappa shape index (κ1) is 23.0. The van der Waals surface area contributed by atoms with Gasteiger partial charge in [0, 0.05) is 18.5 Å². The van der Waals surface area contributed by atoms with Gasteiger partial charge in [0.2, 0.25) is 0 Å². The molecule has 2 aromatic heterocycles. The van der Waals surface area contributed by atoms with E-state index in [9.17, 15) is 14.4 Å². The molecule has 0 saturated heterocycles. The van der Waals surface area contributed by atoms with Gasteiger partial charge in [-0.15, -0.1) is 10.2 Å². The standard InChI is InChI=1S/C23H28N6O3S/c1-4-27-21(31)18(19(24)28(23(27)32)12-15-8-6-5-7-9-15)17(30)13-33-22-26-25-20(14(2)3)29(22)16-10-11-16/h5-9,14,16H,4,10-13,24H2,1-3H3. The Morgan fingerprint density at radius 3 is 2.45 bits per heavy atom. The van der Waals surface area contributed by atoms with Crippen LogP contribution in [0.25, 0.3) is 0 Å². The quantitative estimate of drug-likeness (QED) is 0.379. The van der Waals surface area contributed by atoms with Crippen LogP contribution >= 0.6 is 11.8 Å². The van der Waals surface area contributed by atoms with Crippen molar-refractivity contribution >= 4 is 23.4 Å². The van der Waals surface area contributed by atoms with Crippen molar-refractivity contribution in [3.8, 4) is 0 Å². The molecule has 2 heterocycles. The Kier molecular flexibility index (Phi) is 6.55. The van der Waals surface area contributed by atoms with Crippen LogP contribution in [-0.2, 0) is 13.1 Å². The predicted molar refractivity (Wildman–Crippen MR) is 128 cm³/mol. The van der Waals surface area contributed by atoms with Gasteiger partial charge in [0.05, 0.1) is 12.3 Å². The monoisotopic (exact) mass is 468 g/mol. The zero-order valence-corrected chi connectivity index (χ0v) is 19.8. The average Bonchev–Trinajstić information content (AvgIpc) is 3.54. The molecular formula is C23H28N6O3S. The lowest BCUT2D eigenvalue weighted by Gasteiger charge is -2.16. The van der Waals surface area contributed by atoms with E-state index in [-0.39, 0.29) is 36.1 Å². The Morgan fingerprint density at radius 2 is 1.85 bits per heavy atom. The van der Waals surface area contributed by atoms with Gasteiger partial charge in [0.15, 0.2) is 10.9 Å². The van der Waals surface area contributed by atoms with Crippen LogP contribution in [0.3, 0.4) is 0 Å². The Morgan fingerprint density at radius 1 is 1.15 bits per heavy atom. The second-order valence-electron chi connectivity index (χ2n) is 8.47. The fraction of sp³-hybridized carbons (Fsp3) is 0.435. The summed E-state index contributed by atoms with van der Waals surface area (Å²) in [5.41, 5.74) is 5.76. The highest BCUT2D eigenvalue weighted by atomic mass is 32.2. The predicted octanol–water partition coefficient (Wildman–Crippen LogP) is 2.69. The van der Waals surface area contributed by atoms with Crippen molar-refractivity contribution in [1.29, 1.82) is 0 Å². The number of nitrogen functional groups attached to an aromatic ring is 1. The van der Waals surface area contributed by atoms with Crippen LogP contribution in [0.2, 0.25) is 0 Å². The first-order valence-corrected chi connectivity index (χ1v) is 12.1. The van der Waals surface area contributed by atoms with E-state index in [0.29, 0.717) is 11.2 Å². The van der Waals surface area contributed by atoms with E-state index < -0.39 is 17.0 Å². The molecule has 0 bridgehead atoms. The fourth-order valence-corrected chi connectivity index (χ4v) is 4.72. The molecule has 0 atom stereocenters. The van der Waals surface area contributed by atoms with Gasteiger partial charge < -0.3 is 10.3 Å². The van der Waals surface area contributed by atoms with Gasteiger partial charge >= 0.3 is 5.69 Å². The summed E-state index contributed by atoms with van der Waals surface area (Å²) in [5.74, 6) is 0.572. The highest BCUT2D eigenvalue weighted by Gasteiger charge is 2.31. The summed E-state index contributed by atoms with van der Waals surface area (Å²) in [4.78, 5) is 39.1. The number of ketones is 1. The lowest BCUT2D eigenvalue weighted by atomic mass is 10.2. The summed E-state index contributed by atoms with van der Waals surface area (Å²) in [6.07, 6.45) is 2.13. The van der Waals surface area contributed by atoms with E-state index in [4.69, 9.17) is 5.73 Å². The number of thioether (sulfide) groups is 1. The molecule has 10 heteroatoms. The minimum absolute atomic E-state index is 0.0182. The molecule has 0 spiro atoms. The van der Waals surface area contributed by atoms with Crippen LogP contribution in [0.4, 0.5) is 5.82 Å². The number of anilines is 1. The normalized spacial score (nSPS) is 13.6. The number of nitrogens with zero attached hydrogens (tertiary/aromatic N) is 5. The van der Waals surface area contributed by atoms with Crippen LogP contribution in [0.5, 0.6) is 0 Å². The molecule has 33 heavy (non-hydrogen) atoms. The Balaban J connectivity index is 1.66. The van der Waals surface area contributed by atoms with Crippen molar-refractivity contribution < 1.29 is 4.79 Å². The molecular weight excluding hydrogens is 440 g/mol. The highest BCUT2D eigenvalue weighted by molar-refractivity contribution is 7.99. The number of Topliss-reactive ketones (excluding diaryl/α,β-unsaturated/α-hetero) is 1. The maximum absolute atomic E-state index is 13.2. The van der Waals surface area contributed by atoms with Gasteiger partial charge in [-0.2, -0.15) is 0 Å². The van der Waals surface area contributed by atoms with E-state index >= 15 is 0 Å². The van der Waals surface area contributed by atoms with Gasteiger partial charge in [-0.25, -0.2) is 4.79 Å². The minimum Gasteiger partial charge on any atom is -0.384 e. The number of rotatable bonds is 9. The summed E-state index contributed by atoms with van der Waals surface area (Å²) in [7, 11) is 0. The Bertz CT molecular complexity index is 1290. The molecule has 9 nitrogen and oxygen atoms in total. The third-order valence-electron chi connectivity index (χ3n) is 5.70. The molecule has 2 N–H and O–H groups in total. The van der Waals surface area contributed by atoms with Crippen molar-refractivity contribution in [2.75, 3.05) is 11.5 Å². The van der Waals surface area contributed by atoms with E-state index in [0.717, 1.165) is 28.8 Å². The molecule has 1 fully saturated rings. The van der Waals surface area contributed by atoms with E-state index in [2.05, 4.69) is 28.6 Å². The molecule has 0 unspecified atom stereocenters. The van der Waals surface area contributed by atoms with Crippen molar-refractivity contribution in [1.82, 2.24) is 23.9 Å². The van der Waals surface area contributed by atoms with Gasteiger partial charge in [0.1, 0.15) is 17.2 Å². The number of nitrogens with two attached hydrogens (primary N) is 1. The Hall–Kier alpha value is -3.14. The van der Waals surface area contributed by atoms with Gasteiger partial charge in [-0.1, -0.05) is 55.9 Å². The van der Waals surface area contributed by atoms with Gasteiger partial charge in [-0.05, 0) is 25.3 Å². The fourth-order valence-electron chi connectivity index (χ4n) is 3.83. The molecule has 0 amide bonds. The minimum atomic E-state index is -0.651. The second kappa shape index (κ2) is 9.38. The van der Waals surface area contributed by atoms with E-state index in [1.807, 2.05) is 30.3 Å². The Labute approximate surface area is 195 Å². The molecule has 0 radical (unpaired) electrons. The first-order valence-electron chi connectivity index (χ1n) is 11.1. The van der Waals surface area contributed by atoms with Gasteiger partial charge in [0.25, 0.3) is 5.56 Å². The maximum atomic E-state index is 13.2. The van der Waals surface area contributed by atoms with Crippen molar-refractivity contribution in [2.45, 2.75) is 63.8 Å². The highest BCUT2D eigenvalue weighted by Crippen LogP contribution is 2.40. The van der Waals surface area contributed by atoms with E-state index in [1.54, 1.807) is 6.92 Å². The molecule has 1 aliphatic carbocycles. The summed E-state index contributed by atoms with van der Waals surface area (Å²) in [6, 6.07) is 9.68. The third kappa shape index (κ3) is 4.52. The zero-order chi connectivity index (χ0) is 23.7. The summed E-state index contributed by atoms with van der Waals surface area (Å²) in [6.45, 7) is 6.14. The molecule has 3 aromatic rings. The van der Waals surface area contributed by atoms with Crippen LogP contribution in [0, 0.1) is 0 Å². The molecule has 1 aromatic carbocycles. The smallest absolute Gasteiger partial charge is 0.332 e. The summed E-state index contributed by atoms with van der Waals surface area (Å²) >= 11 is 1.25. The van der Waals surface area contributed by atoms with Crippen LogP contribution in [0.15, 0.2) is 45.1 Å². The van der Waals surface area contributed by atoms with Crippen molar-refractivity contribution in [3.63, 3.8) is 0 Å². The molecule has 1 saturated carbocycles. The second-order valence-corrected chi connectivity index (χ2v) is 9.41. The van der Waals surface area contributed by atoms with Crippen molar-refractivity contribution in [3.05, 3.63) is 68.1 Å². The molecule has 0 aliphatic heterocycles. The lowest BCUT2D eigenvalue weighted by Crippen LogP contribution is -2.44. The summed E-state index contributed by atoms with van der Waals surface area (Å²) < 4.78 is 4.45. The third-order valence-corrected chi connectivity index (χ3v) is 6.64. The number of aromatic nitrogens is 5.